The Labute approximate surface area is 230 Å². The second kappa shape index (κ2) is 10.9. The van der Waals surface area contributed by atoms with Crippen LogP contribution < -0.4 is 19.5 Å². The first-order valence-corrected chi connectivity index (χ1v) is 13.1. The Bertz CT molecular complexity index is 1530. The molecular formula is C34H34FNO3. The molecular weight excluding hydrogens is 489 g/mol. The van der Waals surface area contributed by atoms with Crippen molar-refractivity contribution in [3.05, 3.63) is 113 Å². The molecule has 4 aromatic rings. The summed E-state index contributed by atoms with van der Waals surface area (Å²) in [6.45, 7) is 9.08. The molecule has 0 saturated carbocycles. The van der Waals surface area contributed by atoms with Gasteiger partial charge < -0.3 is 19.5 Å². The van der Waals surface area contributed by atoms with Crippen LogP contribution in [-0.4, -0.2) is 12.6 Å². The third-order valence-corrected chi connectivity index (χ3v) is 6.98. The van der Waals surface area contributed by atoms with E-state index in [9.17, 15) is 4.39 Å². The first-order chi connectivity index (χ1) is 18.7. The van der Waals surface area contributed by atoms with Gasteiger partial charge in [0.2, 0.25) is 0 Å². The van der Waals surface area contributed by atoms with Gasteiger partial charge in [0.05, 0.1) is 12.6 Å². The Kier molecular flexibility index (Phi) is 7.34. The molecule has 0 unspecified atom stereocenters. The molecule has 0 bridgehead atoms. The van der Waals surface area contributed by atoms with Gasteiger partial charge in [0.1, 0.15) is 36.3 Å². The van der Waals surface area contributed by atoms with Crippen LogP contribution in [0.4, 0.5) is 10.1 Å². The van der Waals surface area contributed by atoms with Gasteiger partial charge in [-0.05, 0) is 74.2 Å². The summed E-state index contributed by atoms with van der Waals surface area (Å²) in [6, 6.07) is 24.8. The fourth-order valence-electron chi connectivity index (χ4n) is 5.21. The Morgan fingerprint density at radius 3 is 2.33 bits per heavy atom. The lowest BCUT2D eigenvalue weighted by atomic mass is 9.85. The SMILES string of the molecule is COc1cc(OCc2ccccc2)ccc1-c1ccc2c(c1COc1cc(F)ccc1C)C(C)=CC(C)(C)N2. The lowest BCUT2D eigenvalue weighted by molar-refractivity contribution is 0.302. The van der Waals surface area contributed by atoms with Crippen LogP contribution in [0.1, 0.15) is 43.0 Å². The number of methoxy groups -OCH3 is 1. The van der Waals surface area contributed by atoms with E-state index in [1.54, 1.807) is 13.2 Å². The quantitative estimate of drug-likeness (QED) is 0.251. The molecule has 0 aromatic heterocycles. The summed E-state index contributed by atoms with van der Waals surface area (Å²) in [4.78, 5) is 0. The highest BCUT2D eigenvalue weighted by Gasteiger charge is 2.27. The van der Waals surface area contributed by atoms with Gasteiger partial charge in [0.15, 0.2) is 0 Å². The van der Waals surface area contributed by atoms with E-state index < -0.39 is 0 Å². The van der Waals surface area contributed by atoms with Gasteiger partial charge in [0.25, 0.3) is 0 Å². The average molecular weight is 524 g/mol. The number of fused-ring (bicyclic) bond motifs is 1. The molecule has 0 amide bonds. The third-order valence-electron chi connectivity index (χ3n) is 6.98. The number of rotatable bonds is 8. The third kappa shape index (κ3) is 5.78. The van der Waals surface area contributed by atoms with Gasteiger partial charge >= 0.3 is 0 Å². The molecule has 5 heteroatoms. The number of benzene rings is 4. The summed E-state index contributed by atoms with van der Waals surface area (Å²) in [5.74, 6) is 1.64. The second-order valence-electron chi connectivity index (χ2n) is 10.5. The van der Waals surface area contributed by atoms with Crippen molar-refractivity contribution < 1.29 is 18.6 Å². The van der Waals surface area contributed by atoms with Crippen molar-refractivity contribution in [2.45, 2.75) is 46.4 Å². The minimum absolute atomic E-state index is 0.175. The zero-order valence-corrected chi connectivity index (χ0v) is 23.1. The van der Waals surface area contributed by atoms with Gasteiger partial charge in [-0.1, -0.05) is 48.5 Å². The van der Waals surface area contributed by atoms with Crippen LogP contribution >= 0.6 is 0 Å². The molecule has 0 radical (unpaired) electrons. The van der Waals surface area contributed by atoms with Gasteiger partial charge in [0, 0.05) is 34.5 Å². The Morgan fingerprint density at radius 1 is 0.795 bits per heavy atom. The summed E-state index contributed by atoms with van der Waals surface area (Å²) >= 11 is 0. The van der Waals surface area contributed by atoms with Gasteiger partial charge in [-0.25, -0.2) is 4.39 Å². The molecule has 200 valence electrons. The van der Waals surface area contributed by atoms with Crippen LogP contribution in [-0.2, 0) is 13.2 Å². The van der Waals surface area contributed by atoms with Gasteiger partial charge in [-0.15, -0.1) is 0 Å². The zero-order valence-electron chi connectivity index (χ0n) is 23.1. The molecule has 0 fully saturated rings. The second-order valence-corrected chi connectivity index (χ2v) is 10.5. The number of anilines is 1. The first kappa shape index (κ1) is 26.4. The Hall–Kier alpha value is -4.25. The summed E-state index contributed by atoms with van der Waals surface area (Å²) < 4.78 is 32.2. The lowest BCUT2D eigenvalue weighted by Gasteiger charge is -2.33. The van der Waals surface area contributed by atoms with Crippen LogP contribution in [0.25, 0.3) is 16.7 Å². The minimum Gasteiger partial charge on any atom is -0.496 e. The van der Waals surface area contributed by atoms with Crippen molar-refractivity contribution in [1.29, 1.82) is 0 Å². The highest BCUT2D eigenvalue weighted by atomic mass is 19.1. The molecule has 1 aliphatic heterocycles. The molecule has 4 aromatic carbocycles. The molecule has 39 heavy (non-hydrogen) atoms. The number of hydrogen-bond donors (Lipinski definition) is 1. The molecule has 1 aliphatic rings. The maximum absolute atomic E-state index is 14.0. The number of allylic oxidation sites excluding steroid dienone is 1. The summed E-state index contributed by atoms with van der Waals surface area (Å²) in [5, 5.41) is 3.63. The van der Waals surface area contributed by atoms with E-state index in [2.05, 4.69) is 44.3 Å². The van der Waals surface area contributed by atoms with Gasteiger partial charge in [-0.3, -0.25) is 0 Å². The van der Waals surface area contributed by atoms with E-state index in [0.717, 1.165) is 50.4 Å². The smallest absolute Gasteiger partial charge is 0.130 e. The number of halogens is 1. The predicted molar refractivity (Wildman–Crippen MR) is 156 cm³/mol. The van der Waals surface area contributed by atoms with E-state index >= 15 is 0 Å². The first-order valence-electron chi connectivity index (χ1n) is 13.1. The minimum atomic E-state index is -0.321. The van der Waals surface area contributed by atoms with Crippen LogP contribution in [0.2, 0.25) is 0 Å². The predicted octanol–water partition coefficient (Wildman–Crippen LogP) is 8.58. The van der Waals surface area contributed by atoms with E-state index in [1.807, 2.05) is 55.5 Å². The lowest BCUT2D eigenvalue weighted by Crippen LogP contribution is -2.32. The summed E-state index contributed by atoms with van der Waals surface area (Å²) in [7, 11) is 1.67. The summed E-state index contributed by atoms with van der Waals surface area (Å²) in [6.07, 6.45) is 2.23. The monoisotopic (exact) mass is 523 g/mol. The topological polar surface area (TPSA) is 39.7 Å². The molecule has 0 atom stereocenters. The summed E-state index contributed by atoms with van der Waals surface area (Å²) in [5.41, 5.74) is 8.02. The molecule has 1 heterocycles. The van der Waals surface area contributed by atoms with Gasteiger partial charge in [-0.2, -0.15) is 0 Å². The molecule has 0 aliphatic carbocycles. The van der Waals surface area contributed by atoms with Crippen molar-refractivity contribution >= 4 is 11.3 Å². The largest absolute Gasteiger partial charge is 0.496 e. The Balaban J connectivity index is 1.55. The molecule has 0 saturated heterocycles. The van der Waals surface area contributed by atoms with Crippen molar-refractivity contribution in [2.75, 3.05) is 12.4 Å². The highest BCUT2D eigenvalue weighted by molar-refractivity contribution is 5.88. The standard InChI is InChI=1S/C34H34FNO3/c1-22-11-12-25(35)17-31(22)39-21-29-27(15-16-30-33(29)23(2)19-34(3,4)36-30)28-14-13-26(18-32(28)37-5)38-20-24-9-7-6-8-10-24/h6-19,36H,20-21H2,1-5H3. The fraction of sp³-hybridized carbons (Fsp3) is 0.235. The van der Waals surface area contributed by atoms with Crippen LogP contribution in [0.15, 0.2) is 84.9 Å². The average Bonchev–Trinajstić information content (AvgIpc) is 2.92. The van der Waals surface area contributed by atoms with Crippen LogP contribution in [0.3, 0.4) is 0 Å². The van der Waals surface area contributed by atoms with Crippen molar-refractivity contribution in [2.24, 2.45) is 0 Å². The number of hydrogen-bond acceptors (Lipinski definition) is 4. The maximum atomic E-state index is 14.0. The van der Waals surface area contributed by atoms with E-state index in [0.29, 0.717) is 18.1 Å². The normalized spacial score (nSPS) is 13.6. The van der Waals surface area contributed by atoms with E-state index in [1.165, 1.54) is 12.1 Å². The van der Waals surface area contributed by atoms with E-state index in [4.69, 9.17) is 14.2 Å². The Morgan fingerprint density at radius 2 is 1.56 bits per heavy atom. The molecule has 5 rings (SSSR count). The molecule has 0 spiro atoms. The zero-order chi connectivity index (χ0) is 27.6. The van der Waals surface area contributed by atoms with Crippen molar-refractivity contribution in [3.8, 4) is 28.4 Å². The van der Waals surface area contributed by atoms with Crippen LogP contribution in [0, 0.1) is 12.7 Å². The number of ether oxygens (including phenoxy) is 3. The van der Waals surface area contributed by atoms with E-state index in [-0.39, 0.29) is 18.0 Å². The maximum Gasteiger partial charge on any atom is 0.130 e. The number of nitrogens with one attached hydrogen (secondary N) is 1. The number of aryl methyl sites for hydroxylation is 1. The highest BCUT2D eigenvalue weighted by Crippen LogP contribution is 2.43. The van der Waals surface area contributed by atoms with Crippen LogP contribution in [0.5, 0.6) is 17.2 Å². The van der Waals surface area contributed by atoms with Crippen molar-refractivity contribution in [1.82, 2.24) is 0 Å². The fourth-order valence-corrected chi connectivity index (χ4v) is 5.21. The molecule has 4 nitrogen and oxygen atoms in total. The van der Waals surface area contributed by atoms with Crippen molar-refractivity contribution in [3.63, 3.8) is 0 Å². The molecule has 1 N–H and O–H groups in total.